The summed E-state index contributed by atoms with van der Waals surface area (Å²) < 4.78 is 1.59. The molecule has 0 atom stereocenters. The third kappa shape index (κ3) is 2.60. The van der Waals surface area contributed by atoms with Crippen molar-refractivity contribution in [1.29, 1.82) is 0 Å². The number of ketones is 1. The molecular weight excluding hydrogens is 254 g/mol. The molecule has 18 heavy (non-hydrogen) atoms. The van der Waals surface area contributed by atoms with E-state index in [1.54, 1.807) is 29.0 Å². The standard InChI is InChI=1S/C13H10ClNO3/c14-13-3-1-2-6-15(13)8-12(18)9-4-5-10(16)11(17)7-9/h1-7H,8H2,(H-,16,17,18)/p+1. The molecule has 0 aliphatic rings. The zero-order valence-electron chi connectivity index (χ0n) is 9.38. The molecule has 1 aromatic heterocycles. The molecular formula is C13H11ClNO3+. The van der Waals surface area contributed by atoms with Crippen molar-refractivity contribution in [3.63, 3.8) is 0 Å². The molecule has 5 heteroatoms. The number of carbonyl (C=O) groups excluding carboxylic acids is 1. The van der Waals surface area contributed by atoms with Crippen LogP contribution >= 0.6 is 11.6 Å². The molecule has 2 N–H and O–H groups in total. The van der Waals surface area contributed by atoms with Gasteiger partial charge in [-0.05, 0) is 35.9 Å². The highest BCUT2D eigenvalue weighted by molar-refractivity contribution is 6.28. The second kappa shape index (κ2) is 5.06. The fourth-order valence-corrected chi connectivity index (χ4v) is 1.72. The van der Waals surface area contributed by atoms with Gasteiger partial charge in [0.1, 0.15) is 0 Å². The summed E-state index contributed by atoms with van der Waals surface area (Å²) in [5, 5.41) is 19.0. The van der Waals surface area contributed by atoms with Crippen LogP contribution in [-0.4, -0.2) is 16.0 Å². The Morgan fingerprint density at radius 2 is 1.94 bits per heavy atom. The number of phenolic OH excluding ortho intramolecular Hbond substituents is 2. The van der Waals surface area contributed by atoms with E-state index >= 15 is 0 Å². The van der Waals surface area contributed by atoms with Crippen LogP contribution in [0.5, 0.6) is 11.5 Å². The van der Waals surface area contributed by atoms with Crippen molar-refractivity contribution in [3.05, 3.63) is 53.3 Å². The molecule has 0 unspecified atom stereocenters. The van der Waals surface area contributed by atoms with Gasteiger partial charge in [0.05, 0.1) is 0 Å². The molecule has 2 rings (SSSR count). The number of carbonyl (C=O) groups is 1. The van der Waals surface area contributed by atoms with Crippen LogP contribution in [0.25, 0.3) is 0 Å². The fourth-order valence-electron chi connectivity index (χ4n) is 1.53. The van der Waals surface area contributed by atoms with E-state index in [2.05, 4.69) is 0 Å². The SMILES string of the molecule is O=C(C[n+]1ccccc1Cl)c1ccc(O)c(O)c1. The van der Waals surface area contributed by atoms with Crippen LogP contribution in [0.1, 0.15) is 10.4 Å². The Kier molecular flexibility index (Phi) is 3.48. The molecule has 1 heterocycles. The maximum atomic E-state index is 12.0. The Morgan fingerprint density at radius 3 is 2.61 bits per heavy atom. The summed E-state index contributed by atoms with van der Waals surface area (Å²) in [6.45, 7) is 0.0733. The first-order chi connectivity index (χ1) is 8.58. The lowest BCUT2D eigenvalue weighted by molar-refractivity contribution is -0.681. The number of halogens is 1. The van der Waals surface area contributed by atoms with Crippen molar-refractivity contribution >= 4 is 17.4 Å². The molecule has 0 amide bonds. The number of hydrogen-bond acceptors (Lipinski definition) is 3. The van der Waals surface area contributed by atoms with Crippen LogP contribution in [0.15, 0.2) is 42.6 Å². The number of benzene rings is 1. The maximum absolute atomic E-state index is 12.0. The molecule has 0 fully saturated rings. The second-order valence-electron chi connectivity index (χ2n) is 3.78. The highest BCUT2D eigenvalue weighted by Gasteiger charge is 2.16. The highest BCUT2D eigenvalue weighted by atomic mass is 35.5. The quantitative estimate of drug-likeness (QED) is 0.385. The normalized spacial score (nSPS) is 10.3. The van der Waals surface area contributed by atoms with Gasteiger partial charge in [0.2, 0.25) is 12.3 Å². The zero-order valence-corrected chi connectivity index (χ0v) is 10.1. The van der Waals surface area contributed by atoms with Crippen LogP contribution in [0.2, 0.25) is 5.15 Å². The first-order valence-electron chi connectivity index (χ1n) is 5.27. The van der Waals surface area contributed by atoms with E-state index in [1.165, 1.54) is 18.2 Å². The monoisotopic (exact) mass is 264 g/mol. The smallest absolute Gasteiger partial charge is 0.275 e. The van der Waals surface area contributed by atoms with Crippen LogP contribution in [-0.2, 0) is 6.54 Å². The lowest BCUT2D eigenvalue weighted by atomic mass is 10.1. The summed E-state index contributed by atoms with van der Waals surface area (Å²) in [5.74, 6) is -0.773. The minimum atomic E-state index is -0.315. The number of aromatic nitrogens is 1. The number of Topliss-reactive ketones (excluding diaryl/α,β-unsaturated/α-hetero) is 1. The molecule has 0 radical (unpaired) electrons. The van der Waals surface area contributed by atoms with Crippen LogP contribution in [0, 0.1) is 0 Å². The van der Waals surface area contributed by atoms with E-state index in [0.29, 0.717) is 10.7 Å². The Bertz CT molecular complexity index is 599. The Morgan fingerprint density at radius 1 is 1.17 bits per heavy atom. The minimum Gasteiger partial charge on any atom is -0.504 e. The summed E-state index contributed by atoms with van der Waals surface area (Å²) in [5.41, 5.74) is 0.317. The summed E-state index contributed by atoms with van der Waals surface area (Å²) in [7, 11) is 0. The number of aromatic hydroxyl groups is 2. The zero-order chi connectivity index (χ0) is 13.1. The highest BCUT2D eigenvalue weighted by Crippen LogP contribution is 2.25. The molecule has 1 aromatic carbocycles. The van der Waals surface area contributed by atoms with Crippen molar-refractivity contribution in [2.75, 3.05) is 0 Å². The van der Waals surface area contributed by atoms with Crippen LogP contribution < -0.4 is 4.57 Å². The van der Waals surface area contributed by atoms with Gasteiger partial charge in [-0.3, -0.25) is 4.79 Å². The van der Waals surface area contributed by atoms with Gasteiger partial charge >= 0.3 is 0 Å². The molecule has 92 valence electrons. The first-order valence-corrected chi connectivity index (χ1v) is 5.65. The summed E-state index contributed by atoms with van der Waals surface area (Å²) in [6.07, 6.45) is 1.69. The summed E-state index contributed by atoms with van der Waals surface area (Å²) >= 11 is 5.93. The van der Waals surface area contributed by atoms with Gasteiger partial charge in [0, 0.05) is 17.7 Å². The van der Waals surface area contributed by atoms with Gasteiger partial charge in [0.25, 0.3) is 5.15 Å². The molecule has 4 nitrogen and oxygen atoms in total. The van der Waals surface area contributed by atoms with E-state index in [-0.39, 0.29) is 23.8 Å². The second-order valence-corrected chi connectivity index (χ2v) is 4.17. The van der Waals surface area contributed by atoms with Crippen molar-refractivity contribution < 1.29 is 19.6 Å². The van der Waals surface area contributed by atoms with Gasteiger partial charge < -0.3 is 10.2 Å². The number of nitrogens with zero attached hydrogens (tertiary/aromatic N) is 1. The number of hydrogen-bond donors (Lipinski definition) is 2. The Hall–Kier alpha value is -2.07. The molecule has 0 spiro atoms. The average molecular weight is 265 g/mol. The van der Waals surface area contributed by atoms with Gasteiger partial charge in [-0.15, -0.1) is 0 Å². The first kappa shape index (κ1) is 12.4. The van der Waals surface area contributed by atoms with E-state index in [4.69, 9.17) is 11.6 Å². The van der Waals surface area contributed by atoms with Crippen molar-refractivity contribution in [2.24, 2.45) is 0 Å². The lowest BCUT2D eigenvalue weighted by Crippen LogP contribution is -2.38. The van der Waals surface area contributed by atoms with Crippen LogP contribution in [0.4, 0.5) is 0 Å². The Balaban J connectivity index is 2.22. The van der Waals surface area contributed by atoms with E-state index < -0.39 is 0 Å². The largest absolute Gasteiger partial charge is 0.504 e. The van der Waals surface area contributed by atoms with Crippen molar-refractivity contribution in [1.82, 2.24) is 0 Å². The van der Waals surface area contributed by atoms with Crippen LogP contribution in [0.3, 0.4) is 0 Å². The van der Waals surface area contributed by atoms with Gasteiger partial charge in [-0.1, -0.05) is 0 Å². The van der Waals surface area contributed by atoms with Gasteiger partial charge in [-0.2, -0.15) is 4.57 Å². The van der Waals surface area contributed by atoms with Gasteiger partial charge in [-0.25, -0.2) is 0 Å². The molecule has 0 aliphatic carbocycles. The maximum Gasteiger partial charge on any atom is 0.275 e. The minimum absolute atomic E-state index is 0.0733. The summed E-state index contributed by atoms with van der Waals surface area (Å²) in [6, 6.07) is 9.19. The van der Waals surface area contributed by atoms with Crippen molar-refractivity contribution in [3.8, 4) is 11.5 Å². The average Bonchev–Trinajstić information content (AvgIpc) is 2.35. The third-order valence-corrected chi connectivity index (χ3v) is 2.84. The molecule has 0 saturated heterocycles. The number of pyridine rings is 1. The third-order valence-electron chi connectivity index (χ3n) is 2.50. The van der Waals surface area contributed by atoms with Crippen molar-refractivity contribution in [2.45, 2.75) is 6.54 Å². The molecule has 2 aromatic rings. The molecule has 0 saturated carbocycles. The molecule has 0 bridgehead atoms. The number of phenols is 2. The lowest BCUT2D eigenvalue weighted by Gasteiger charge is -2.01. The Labute approximate surface area is 109 Å². The molecule has 0 aliphatic heterocycles. The van der Waals surface area contributed by atoms with Gasteiger partial charge in [0.15, 0.2) is 17.7 Å². The fraction of sp³-hybridized carbons (Fsp3) is 0.0769. The predicted octanol–water partition coefficient (Wildman–Crippen LogP) is 1.92. The topological polar surface area (TPSA) is 61.4 Å². The van der Waals surface area contributed by atoms with E-state index in [1.807, 2.05) is 0 Å². The number of rotatable bonds is 3. The predicted molar refractivity (Wildman–Crippen MR) is 65.7 cm³/mol. The summed E-state index contributed by atoms with van der Waals surface area (Å²) in [4.78, 5) is 12.0. The van der Waals surface area contributed by atoms with E-state index in [0.717, 1.165) is 0 Å². The van der Waals surface area contributed by atoms with E-state index in [9.17, 15) is 15.0 Å².